The lowest BCUT2D eigenvalue weighted by molar-refractivity contribution is 0.355. The standard InChI is InChI=1S/C27H33ClN6OS/c1-18-13-19(2)17-34(16-18)25-14-24(33-11-3-4-12-33)30-26(31-25)32-27(36)29-15-22-9-10-23(35-22)20-5-7-21(28)8-6-20/h5-10,14,18-19H,3-4,11-13,15-17H2,1-2H3,(H2,29,30,31,32,36)/t18-,19+. The molecule has 0 radical (unpaired) electrons. The van der Waals surface area contributed by atoms with E-state index >= 15 is 0 Å². The zero-order valence-electron chi connectivity index (χ0n) is 20.8. The summed E-state index contributed by atoms with van der Waals surface area (Å²) in [5.74, 6) is 5.32. The van der Waals surface area contributed by atoms with Crippen molar-refractivity contribution in [2.75, 3.05) is 41.3 Å². The minimum Gasteiger partial charge on any atom is -0.459 e. The zero-order valence-corrected chi connectivity index (χ0v) is 22.4. The Morgan fingerprint density at radius 3 is 2.36 bits per heavy atom. The molecule has 9 heteroatoms. The molecule has 190 valence electrons. The minimum absolute atomic E-state index is 0.458. The number of hydrogen-bond donors (Lipinski definition) is 2. The molecule has 0 unspecified atom stereocenters. The van der Waals surface area contributed by atoms with Crippen LogP contribution in [-0.4, -0.2) is 41.3 Å². The molecule has 2 fully saturated rings. The predicted molar refractivity (Wildman–Crippen MR) is 151 cm³/mol. The van der Waals surface area contributed by atoms with Crippen molar-refractivity contribution >= 4 is 46.5 Å². The first-order valence-corrected chi connectivity index (χ1v) is 13.5. The van der Waals surface area contributed by atoms with Crippen molar-refractivity contribution in [3.8, 4) is 11.3 Å². The predicted octanol–water partition coefficient (Wildman–Crippen LogP) is 5.96. The van der Waals surface area contributed by atoms with Crippen LogP contribution < -0.4 is 20.4 Å². The van der Waals surface area contributed by atoms with Gasteiger partial charge >= 0.3 is 0 Å². The first-order valence-electron chi connectivity index (χ1n) is 12.7. The number of nitrogens with zero attached hydrogens (tertiary/aromatic N) is 4. The quantitative estimate of drug-likeness (QED) is 0.383. The summed E-state index contributed by atoms with van der Waals surface area (Å²) in [5, 5.41) is 7.60. The summed E-state index contributed by atoms with van der Waals surface area (Å²) >= 11 is 11.6. The van der Waals surface area contributed by atoms with Crippen LogP contribution in [0.25, 0.3) is 11.3 Å². The smallest absolute Gasteiger partial charge is 0.232 e. The topological polar surface area (TPSA) is 69.5 Å². The Bertz CT molecular complexity index is 1180. The van der Waals surface area contributed by atoms with E-state index in [9.17, 15) is 0 Å². The molecule has 3 aromatic rings. The zero-order chi connectivity index (χ0) is 25.1. The Morgan fingerprint density at radius 1 is 1.00 bits per heavy atom. The summed E-state index contributed by atoms with van der Waals surface area (Å²) in [7, 11) is 0. The Labute approximate surface area is 223 Å². The molecule has 2 saturated heterocycles. The van der Waals surface area contributed by atoms with Gasteiger partial charge in [-0.1, -0.05) is 25.4 Å². The highest BCUT2D eigenvalue weighted by molar-refractivity contribution is 7.80. The maximum absolute atomic E-state index is 5.99. The maximum Gasteiger partial charge on any atom is 0.232 e. The SMILES string of the molecule is C[C@@H]1C[C@H](C)CN(c2cc(N3CCCC3)nc(NC(=S)NCc3ccc(-c4ccc(Cl)cc4)o3)n2)C1. The summed E-state index contributed by atoms with van der Waals surface area (Å²) in [6.45, 7) is 9.17. The van der Waals surface area contributed by atoms with Gasteiger partial charge in [-0.05, 0) is 79.7 Å². The van der Waals surface area contributed by atoms with Gasteiger partial charge in [-0.25, -0.2) is 0 Å². The second-order valence-corrected chi connectivity index (χ2v) is 10.9. The molecular formula is C27H33ClN6OS. The van der Waals surface area contributed by atoms with Crippen LogP contribution in [0, 0.1) is 11.8 Å². The van der Waals surface area contributed by atoms with Gasteiger partial charge in [0.15, 0.2) is 5.11 Å². The van der Waals surface area contributed by atoms with Crippen LogP contribution in [0.15, 0.2) is 46.9 Å². The summed E-state index contributed by atoms with van der Waals surface area (Å²) in [4.78, 5) is 14.4. The van der Waals surface area contributed by atoms with Crippen LogP contribution in [0.2, 0.25) is 5.02 Å². The Balaban J connectivity index is 1.26. The lowest BCUT2D eigenvalue weighted by Gasteiger charge is -2.36. The van der Waals surface area contributed by atoms with E-state index in [2.05, 4.69) is 40.3 Å². The number of halogens is 1. The van der Waals surface area contributed by atoms with Crippen LogP contribution in [0.1, 0.15) is 38.9 Å². The molecule has 1 aromatic carbocycles. The van der Waals surface area contributed by atoms with Crippen molar-refractivity contribution < 1.29 is 4.42 Å². The summed E-state index contributed by atoms with van der Waals surface area (Å²) < 4.78 is 5.98. The summed E-state index contributed by atoms with van der Waals surface area (Å²) in [6.07, 6.45) is 3.65. The van der Waals surface area contributed by atoms with Crippen LogP contribution in [0.4, 0.5) is 17.6 Å². The highest BCUT2D eigenvalue weighted by Gasteiger charge is 2.25. The van der Waals surface area contributed by atoms with Gasteiger partial charge < -0.3 is 24.9 Å². The maximum atomic E-state index is 5.99. The summed E-state index contributed by atoms with van der Waals surface area (Å²) in [6, 6.07) is 13.6. The highest BCUT2D eigenvalue weighted by Crippen LogP contribution is 2.29. The molecule has 0 bridgehead atoms. The molecule has 36 heavy (non-hydrogen) atoms. The molecule has 2 aromatic heterocycles. The molecule has 0 saturated carbocycles. The average molecular weight is 525 g/mol. The number of benzene rings is 1. The number of anilines is 3. The van der Waals surface area contributed by atoms with Crippen molar-refractivity contribution in [2.45, 2.75) is 39.7 Å². The Hall–Kier alpha value is -2.84. The van der Waals surface area contributed by atoms with Crippen molar-refractivity contribution in [2.24, 2.45) is 11.8 Å². The van der Waals surface area contributed by atoms with E-state index in [0.29, 0.717) is 34.5 Å². The molecule has 7 nitrogen and oxygen atoms in total. The normalized spacial score (nSPS) is 20.0. The molecule has 0 aliphatic carbocycles. The fourth-order valence-electron chi connectivity index (χ4n) is 5.15. The van der Waals surface area contributed by atoms with Gasteiger partial charge in [-0.2, -0.15) is 9.97 Å². The summed E-state index contributed by atoms with van der Waals surface area (Å²) in [5.41, 5.74) is 0.979. The van der Waals surface area contributed by atoms with Crippen molar-refractivity contribution in [1.82, 2.24) is 15.3 Å². The lowest BCUT2D eigenvalue weighted by Crippen LogP contribution is -2.39. The Morgan fingerprint density at radius 2 is 1.67 bits per heavy atom. The minimum atomic E-state index is 0.458. The molecule has 2 N–H and O–H groups in total. The average Bonchev–Trinajstić information content (AvgIpc) is 3.55. The van der Waals surface area contributed by atoms with E-state index in [-0.39, 0.29) is 0 Å². The van der Waals surface area contributed by atoms with Gasteiger partial charge in [-0.3, -0.25) is 0 Å². The monoisotopic (exact) mass is 524 g/mol. The van der Waals surface area contributed by atoms with E-state index in [1.807, 2.05) is 36.4 Å². The number of aromatic nitrogens is 2. The fraction of sp³-hybridized carbons (Fsp3) is 0.444. The van der Waals surface area contributed by atoms with E-state index in [4.69, 9.17) is 38.2 Å². The molecule has 5 rings (SSSR count). The van der Waals surface area contributed by atoms with Crippen molar-refractivity contribution in [1.29, 1.82) is 0 Å². The van der Waals surface area contributed by atoms with E-state index < -0.39 is 0 Å². The molecule has 2 aliphatic rings. The first kappa shape index (κ1) is 24.8. The number of thiocarbonyl (C=S) groups is 1. The van der Waals surface area contributed by atoms with Gasteiger partial charge in [0, 0.05) is 42.8 Å². The molecule has 2 aliphatic heterocycles. The molecule has 2 atom stereocenters. The lowest BCUT2D eigenvalue weighted by atomic mass is 9.92. The first-order chi connectivity index (χ1) is 17.4. The van der Waals surface area contributed by atoms with Crippen LogP contribution in [0.3, 0.4) is 0 Å². The molecule has 0 spiro atoms. The molecule has 4 heterocycles. The van der Waals surface area contributed by atoms with Crippen LogP contribution >= 0.6 is 23.8 Å². The van der Waals surface area contributed by atoms with E-state index in [0.717, 1.165) is 54.9 Å². The van der Waals surface area contributed by atoms with Gasteiger partial charge in [0.05, 0.1) is 6.54 Å². The van der Waals surface area contributed by atoms with Crippen LogP contribution in [0.5, 0.6) is 0 Å². The number of rotatable bonds is 6. The molecule has 0 amide bonds. The van der Waals surface area contributed by atoms with E-state index in [1.54, 1.807) is 0 Å². The third-order valence-electron chi connectivity index (χ3n) is 6.76. The van der Waals surface area contributed by atoms with Gasteiger partial charge in [0.2, 0.25) is 5.95 Å². The number of piperidine rings is 1. The number of furan rings is 1. The number of nitrogens with one attached hydrogen (secondary N) is 2. The fourth-order valence-corrected chi connectivity index (χ4v) is 5.44. The molecular weight excluding hydrogens is 492 g/mol. The van der Waals surface area contributed by atoms with Crippen molar-refractivity contribution in [3.05, 3.63) is 53.2 Å². The second-order valence-electron chi connectivity index (χ2n) is 10.0. The third kappa shape index (κ3) is 6.10. The Kier molecular flexibility index (Phi) is 7.62. The van der Waals surface area contributed by atoms with Gasteiger partial charge in [-0.15, -0.1) is 0 Å². The van der Waals surface area contributed by atoms with Gasteiger partial charge in [0.1, 0.15) is 23.2 Å². The van der Waals surface area contributed by atoms with E-state index in [1.165, 1.54) is 19.3 Å². The largest absolute Gasteiger partial charge is 0.459 e. The second kappa shape index (κ2) is 11.0. The highest BCUT2D eigenvalue weighted by atomic mass is 35.5. The van der Waals surface area contributed by atoms with Crippen LogP contribution in [-0.2, 0) is 6.54 Å². The third-order valence-corrected chi connectivity index (χ3v) is 7.26. The van der Waals surface area contributed by atoms with Crippen molar-refractivity contribution in [3.63, 3.8) is 0 Å². The van der Waals surface area contributed by atoms with Gasteiger partial charge in [0.25, 0.3) is 0 Å². The number of hydrogen-bond acceptors (Lipinski definition) is 6.